The number of benzene rings is 1. The van der Waals surface area contributed by atoms with E-state index in [1.807, 2.05) is 0 Å². The van der Waals surface area contributed by atoms with E-state index in [4.69, 9.17) is 9.47 Å². The summed E-state index contributed by atoms with van der Waals surface area (Å²) < 4.78 is 48.7. The number of piperazine rings is 1. The first-order valence-electron chi connectivity index (χ1n) is 10.4. The number of ether oxygens (including phenoxy) is 2. The summed E-state index contributed by atoms with van der Waals surface area (Å²) in [4.78, 5) is 21.5. The maximum absolute atomic E-state index is 12.6. The average Bonchev–Trinajstić information content (AvgIpc) is 3.33. The molecule has 33 heavy (non-hydrogen) atoms. The molecule has 1 aliphatic heterocycles. The Morgan fingerprint density at radius 1 is 1.00 bits per heavy atom. The molecule has 0 saturated carbocycles. The number of hydrogen-bond donors (Lipinski definition) is 0. The Hall–Kier alpha value is -3.11. The number of halogens is 3. The van der Waals surface area contributed by atoms with E-state index in [9.17, 15) is 18.0 Å². The lowest BCUT2D eigenvalue weighted by molar-refractivity contribution is -0.137. The van der Waals surface area contributed by atoms with E-state index in [-0.39, 0.29) is 5.88 Å². The highest BCUT2D eigenvalue weighted by molar-refractivity contribution is 7.09. The first-order valence-corrected chi connectivity index (χ1v) is 11.3. The minimum atomic E-state index is -4.45. The van der Waals surface area contributed by atoms with E-state index in [1.54, 1.807) is 40.5 Å². The molecule has 2 aromatic heterocycles. The van der Waals surface area contributed by atoms with Gasteiger partial charge in [0.25, 0.3) is 0 Å². The van der Waals surface area contributed by atoms with Crippen molar-refractivity contribution >= 4 is 17.4 Å². The van der Waals surface area contributed by atoms with Crippen LogP contribution >= 0.6 is 11.3 Å². The van der Waals surface area contributed by atoms with Gasteiger partial charge in [-0.2, -0.15) is 13.2 Å². The molecular formula is C23H22F3N3O3S. The molecule has 1 amide bonds. The molecule has 3 aromatic rings. The van der Waals surface area contributed by atoms with Gasteiger partial charge >= 0.3 is 12.3 Å². The van der Waals surface area contributed by atoms with Crippen LogP contribution in [0.2, 0.25) is 0 Å². The molecule has 1 aliphatic rings. The van der Waals surface area contributed by atoms with Gasteiger partial charge in [0.1, 0.15) is 11.5 Å². The maximum Gasteiger partial charge on any atom is 0.417 e. The van der Waals surface area contributed by atoms with Crippen LogP contribution in [0.4, 0.5) is 18.0 Å². The van der Waals surface area contributed by atoms with Crippen LogP contribution in [-0.4, -0.2) is 53.6 Å². The number of rotatable bonds is 6. The van der Waals surface area contributed by atoms with Gasteiger partial charge in [-0.3, -0.25) is 4.90 Å². The summed E-state index contributed by atoms with van der Waals surface area (Å²) in [6.07, 6.45) is -3.13. The van der Waals surface area contributed by atoms with Crippen LogP contribution in [0.15, 0.2) is 60.1 Å². The lowest BCUT2D eigenvalue weighted by Crippen LogP contribution is -2.49. The zero-order valence-electron chi connectivity index (χ0n) is 17.6. The fourth-order valence-corrected chi connectivity index (χ4v) is 4.05. The number of aromatic nitrogens is 1. The maximum atomic E-state index is 12.6. The van der Waals surface area contributed by atoms with E-state index < -0.39 is 17.8 Å². The Morgan fingerprint density at radius 3 is 2.33 bits per heavy atom. The average molecular weight is 478 g/mol. The van der Waals surface area contributed by atoms with E-state index in [1.165, 1.54) is 4.88 Å². The van der Waals surface area contributed by atoms with Crippen molar-refractivity contribution in [3.05, 3.63) is 70.5 Å². The Bertz CT molecular complexity index is 1030. The van der Waals surface area contributed by atoms with Crippen LogP contribution in [-0.2, 0) is 12.6 Å². The highest BCUT2D eigenvalue weighted by atomic mass is 32.1. The van der Waals surface area contributed by atoms with Gasteiger partial charge in [-0.15, -0.1) is 11.3 Å². The number of nitrogens with zero attached hydrogens (tertiary/aromatic N) is 3. The Kier molecular flexibility index (Phi) is 7.14. The van der Waals surface area contributed by atoms with Gasteiger partial charge in [0.15, 0.2) is 0 Å². The zero-order chi connectivity index (χ0) is 23.3. The van der Waals surface area contributed by atoms with Crippen molar-refractivity contribution in [3.63, 3.8) is 0 Å². The van der Waals surface area contributed by atoms with Gasteiger partial charge in [-0.1, -0.05) is 6.07 Å². The summed E-state index contributed by atoms with van der Waals surface area (Å²) >= 11 is 1.76. The third-order valence-corrected chi connectivity index (χ3v) is 6.14. The van der Waals surface area contributed by atoms with Gasteiger partial charge in [0, 0.05) is 49.9 Å². The Morgan fingerprint density at radius 2 is 1.73 bits per heavy atom. The van der Waals surface area contributed by atoms with Gasteiger partial charge in [0.2, 0.25) is 5.88 Å². The highest BCUT2D eigenvalue weighted by Crippen LogP contribution is 2.30. The summed E-state index contributed by atoms with van der Waals surface area (Å²) in [5, 5.41) is 2.08. The molecule has 3 heterocycles. The number of pyridine rings is 1. The predicted octanol–water partition coefficient (Wildman–Crippen LogP) is 5.31. The van der Waals surface area contributed by atoms with Crippen LogP contribution in [0.1, 0.15) is 10.4 Å². The summed E-state index contributed by atoms with van der Waals surface area (Å²) in [5.74, 6) is 0.749. The fourth-order valence-electron chi connectivity index (χ4n) is 3.35. The molecule has 0 spiro atoms. The molecule has 1 aromatic carbocycles. The smallest absolute Gasteiger partial charge is 0.417 e. The van der Waals surface area contributed by atoms with E-state index >= 15 is 0 Å². The van der Waals surface area contributed by atoms with Crippen molar-refractivity contribution in [1.82, 2.24) is 14.8 Å². The third kappa shape index (κ3) is 6.45. The van der Waals surface area contributed by atoms with Crippen molar-refractivity contribution in [3.8, 4) is 17.4 Å². The SMILES string of the molecule is O=C(Oc1ccc(Oc2ccc(C(F)(F)F)cn2)cc1)N1CCN(CCc2cccs2)CC1. The quantitative estimate of drug-likeness (QED) is 0.482. The second kappa shape index (κ2) is 10.2. The number of carbonyl (C=O) groups excluding carboxylic acids is 1. The minimum absolute atomic E-state index is 0.0321. The van der Waals surface area contributed by atoms with Crippen molar-refractivity contribution in [2.45, 2.75) is 12.6 Å². The van der Waals surface area contributed by atoms with Crippen LogP contribution in [0.5, 0.6) is 17.4 Å². The molecule has 1 saturated heterocycles. The van der Waals surface area contributed by atoms with E-state index in [0.717, 1.165) is 38.2 Å². The van der Waals surface area contributed by atoms with E-state index in [2.05, 4.69) is 27.4 Å². The van der Waals surface area contributed by atoms with Crippen LogP contribution < -0.4 is 9.47 Å². The number of amides is 1. The molecular weight excluding hydrogens is 455 g/mol. The topological polar surface area (TPSA) is 54.9 Å². The van der Waals surface area contributed by atoms with Gasteiger partial charge in [-0.05, 0) is 48.2 Å². The lowest BCUT2D eigenvalue weighted by Gasteiger charge is -2.33. The Labute approximate surface area is 193 Å². The standard InChI is InChI=1S/C23H22F3N3O3S/c24-23(25,26)17-3-8-21(27-16-17)31-18-4-6-19(7-5-18)32-22(30)29-13-11-28(12-14-29)10-9-20-2-1-15-33-20/h1-8,15-16H,9-14H2. The van der Waals surface area contributed by atoms with Crippen molar-refractivity contribution in [1.29, 1.82) is 0 Å². The fraction of sp³-hybridized carbons (Fsp3) is 0.304. The molecule has 4 rings (SSSR count). The first kappa shape index (κ1) is 23.1. The van der Waals surface area contributed by atoms with Crippen LogP contribution in [0.25, 0.3) is 0 Å². The molecule has 0 bridgehead atoms. The molecule has 1 fully saturated rings. The molecule has 174 valence electrons. The zero-order valence-corrected chi connectivity index (χ0v) is 18.4. The molecule has 0 atom stereocenters. The number of thiophene rings is 1. The number of carbonyl (C=O) groups is 1. The first-order chi connectivity index (χ1) is 15.9. The monoisotopic (exact) mass is 477 g/mol. The van der Waals surface area contributed by atoms with E-state index in [0.29, 0.717) is 30.8 Å². The molecule has 10 heteroatoms. The number of alkyl halides is 3. The van der Waals surface area contributed by atoms with Crippen LogP contribution in [0, 0.1) is 0 Å². The lowest BCUT2D eigenvalue weighted by atomic mass is 10.2. The second-order valence-corrected chi connectivity index (χ2v) is 8.51. The minimum Gasteiger partial charge on any atom is -0.439 e. The molecule has 0 aliphatic carbocycles. The summed E-state index contributed by atoms with van der Waals surface area (Å²) in [6, 6.07) is 12.5. The van der Waals surface area contributed by atoms with Crippen LogP contribution in [0.3, 0.4) is 0 Å². The normalized spacial score (nSPS) is 14.8. The van der Waals surface area contributed by atoms with Crippen molar-refractivity contribution in [2.75, 3.05) is 32.7 Å². The predicted molar refractivity (Wildman–Crippen MR) is 118 cm³/mol. The largest absolute Gasteiger partial charge is 0.439 e. The molecule has 6 nitrogen and oxygen atoms in total. The highest BCUT2D eigenvalue weighted by Gasteiger charge is 2.30. The Balaban J connectivity index is 1.23. The van der Waals surface area contributed by atoms with Crippen molar-refractivity contribution < 1.29 is 27.4 Å². The van der Waals surface area contributed by atoms with Gasteiger partial charge in [0.05, 0.1) is 5.56 Å². The van der Waals surface area contributed by atoms with Gasteiger partial charge < -0.3 is 14.4 Å². The number of hydrogen-bond acceptors (Lipinski definition) is 6. The van der Waals surface area contributed by atoms with Gasteiger partial charge in [-0.25, -0.2) is 9.78 Å². The third-order valence-electron chi connectivity index (χ3n) is 5.20. The molecule has 0 N–H and O–H groups in total. The summed E-state index contributed by atoms with van der Waals surface area (Å²) in [5.41, 5.74) is -0.847. The summed E-state index contributed by atoms with van der Waals surface area (Å²) in [7, 11) is 0. The molecule has 0 unspecified atom stereocenters. The van der Waals surface area contributed by atoms with Crippen molar-refractivity contribution in [2.24, 2.45) is 0 Å². The molecule has 0 radical (unpaired) electrons. The second-order valence-electron chi connectivity index (χ2n) is 7.48. The summed E-state index contributed by atoms with van der Waals surface area (Å²) in [6.45, 7) is 3.77.